The van der Waals surface area contributed by atoms with Gasteiger partial charge in [-0.1, -0.05) is 6.08 Å². The fourth-order valence-electron chi connectivity index (χ4n) is 1.28. The molecule has 0 spiro atoms. The van der Waals surface area contributed by atoms with Crippen molar-refractivity contribution >= 4 is 5.97 Å². The average Bonchev–Trinajstić information content (AvgIpc) is 2.33. The second-order valence-corrected chi connectivity index (χ2v) is 3.63. The van der Waals surface area contributed by atoms with Crippen molar-refractivity contribution in [3.05, 3.63) is 36.0 Å². The van der Waals surface area contributed by atoms with Gasteiger partial charge in [0.25, 0.3) is 0 Å². The minimum Gasteiger partial charge on any atom is -0.477 e. The molecule has 0 atom stereocenters. The molecule has 7 heteroatoms. The van der Waals surface area contributed by atoms with E-state index < -0.39 is 29.3 Å². The Labute approximate surface area is 107 Å². The molecule has 0 aromatic carbocycles. The molecule has 1 aromatic rings. The van der Waals surface area contributed by atoms with E-state index in [9.17, 15) is 18.0 Å². The number of carboxylic acids is 1. The van der Waals surface area contributed by atoms with Gasteiger partial charge in [0.1, 0.15) is 5.56 Å². The predicted octanol–water partition coefficient (Wildman–Crippen LogP) is 3.14. The minimum absolute atomic E-state index is 0.00513. The zero-order valence-corrected chi connectivity index (χ0v) is 9.91. The maximum atomic E-state index is 12.7. The molecule has 0 aliphatic carbocycles. The van der Waals surface area contributed by atoms with Gasteiger partial charge in [-0.25, -0.2) is 9.78 Å². The van der Waals surface area contributed by atoms with E-state index in [0.29, 0.717) is 18.9 Å². The Bertz CT molecular complexity index is 472. The fourth-order valence-corrected chi connectivity index (χ4v) is 1.28. The van der Waals surface area contributed by atoms with E-state index in [1.165, 1.54) is 0 Å². The van der Waals surface area contributed by atoms with Crippen molar-refractivity contribution in [2.24, 2.45) is 0 Å². The predicted molar refractivity (Wildman–Crippen MR) is 61.1 cm³/mol. The smallest absolute Gasteiger partial charge is 0.421 e. The molecular formula is C12H12F3NO3. The lowest BCUT2D eigenvalue weighted by Crippen LogP contribution is -2.13. The molecule has 0 amide bonds. The number of alkyl halides is 3. The molecule has 0 bridgehead atoms. The summed E-state index contributed by atoms with van der Waals surface area (Å²) in [6, 6.07) is 1.45. The standard InChI is InChI=1S/C12H12F3NO3/c1-2-3-4-7-19-10-8(12(13,14)15)5-6-9(16-10)11(17)18/h2,5-6H,1,3-4,7H2,(H,17,18). The van der Waals surface area contributed by atoms with Crippen LogP contribution in [0.4, 0.5) is 13.2 Å². The second-order valence-electron chi connectivity index (χ2n) is 3.63. The highest BCUT2D eigenvalue weighted by Crippen LogP contribution is 2.35. The van der Waals surface area contributed by atoms with Crippen LogP contribution in [0.15, 0.2) is 24.8 Å². The lowest BCUT2D eigenvalue weighted by atomic mass is 10.2. The highest BCUT2D eigenvalue weighted by molar-refractivity contribution is 5.85. The zero-order chi connectivity index (χ0) is 14.5. The first-order valence-electron chi connectivity index (χ1n) is 5.41. The lowest BCUT2D eigenvalue weighted by molar-refractivity contribution is -0.139. The number of hydrogen-bond donors (Lipinski definition) is 1. The van der Waals surface area contributed by atoms with Crippen molar-refractivity contribution in [1.82, 2.24) is 4.98 Å². The first-order chi connectivity index (χ1) is 8.86. The summed E-state index contributed by atoms with van der Waals surface area (Å²) in [5.74, 6) is -2.12. The van der Waals surface area contributed by atoms with E-state index in [1.807, 2.05) is 0 Å². The largest absolute Gasteiger partial charge is 0.477 e. The first kappa shape index (κ1) is 15.0. The molecular weight excluding hydrogens is 263 g/mol. The Kier molecular flexibility index (Phi) is 4.91. The number of allylic oxidation sites excluding steroid dienone is 1. The topological polar surface area (TPSA) is 59.4 Å². The van der Waals surface area contributed by atoms with Gasteiger partial charge in [-0.15, -0.1) is 6.58 Å². The summed E-state index contributed by atoms with van der Waals surface area (Å²) in [5, 5.41) is 8.70. The number of pyridine rings is 1. The van der Waals surface area contributed by atoms with Gasteiger partial charge < -0.3 is 9.84 Å². The number of aromatic carboxylic acids is 1. The highest BCUT2D eigenvalue weighted by Gasteiger charge is 2.35. The van der Waals surface area contributed by atoms with Gasteiger partial charge in [0, 0.05) is 0 Å². The molecule has 1 N–H and O–H groups in total. The average molecular weight is 275 g/mol. The number of carboxylic acid groups (broad SMARTS) is 1. The molecule has 1 heterocycles. The summed E-state index contributed by atoms with van der Waals surface area (Å²) < 4.78 is 42.9. The summed E-state index contributed by atoms with van der Waals surface area (Å²) in [5.41, 5.74) is -1.58. The summed E-state index contributed by atoms with van der Waals surface area (Å²) in [7, 11) is 0. The number of carbonyl (C=O) groups is 1. The molecule has 0 aliphatic rings. The van der Waals surface area contributed by atoms with Crippen molar-refractivity contribution in [3.63, 3.8) is 0 Å². The van der Waals surface area contributed by atoms with Gasteiger partial charge in [0.15, 0.2) is 5.69 Å². The monoisotopic (exact) mass is 275 g/mol. The molecule has 1 rings (SSSR count). The van der Waals surface area contributed by atoms with E-state index in [4.69, 9.17) is 9.84 Å². The maximum Gasteiger partial charge on any atom is 0.421 e. The number of unbranched alkanes of at least 4 members (excludes halogenated alkanes) is 1. The van der Waals surface area contributed by atoms with Crippen LogP contribution in [0.2, 0.25) is 0 Å². The van der Waals surface area contributed by atoms with Crippen LogP contribution < -0.4 is 4.74 Å². The Balaban J connectivity index is 2.97. The van der Waals surface area contributed by atoms with Crippen LogP contribution in [0, 0.1) is 0 Å². The van der Waals surface area contributed by atoms with Crippen LogP contribution >= 0.6 is 0 Å². The summed E-state index contributed by atoms with van der Waals surface area (Å²) in [4.78, 5) is 14.0. The quantitative estimate of drug-likeness (QED) is 0.640. The van der Waals surface area contributed by atoms with Crippen LogP contribution in [-0.4, -0.2) is 22.7 Å². The molecule has 19 heavy (non-hydrogen) atoms. The van der Waals surface area contributed by atoms with Crippen LogP contribution in [0.3, 0.4) is 0 Å². The summed E-state index contributed by atoms with van der Waals surface area (Å²) >= 11 is 0. The maximum absolute atomic E-state index is 12.7. The SMILES string of the molecule is C=CCCCOc1nc(C(=O)O)ccc1C(F)(F)F. The Hall–Kier alpha value is -2.05. The normalized spacial score (nSPS) is 11.1. The van der Waals surface area contributed by atoms with Gasteiger partial charge in [0.05, 0.1) is 6.61 Å². The van der Waals surface area contributed by atoms with Crippen molar-refractivity contribution in [2.75, 3.05) is 6.61 Å². The molecule has 104 valence electrons. The van der Waals surface area contributed by atoms with Gasteiger partial charge in [0.2, 0.25) is 5.88 Å². The van der Waals surface area contributed by atoms with Crippen molar-refractivity contribution in [2.45, 2.75) is 19.0 Å². The molecule has 0 aliphatic heterocycles. The number of halogens is 3. The fraction of sp³-hybridized carbons (Fsp3) is 0.333. The zero-order valence-electron chi connectivity index (χ0n) is 9.91. The van der Waals surface area contributed by atoms with Crippen molar-refractivity contribution in [1.29, 1.82) is 0 Å². The van der Waals surface area contributed by atoms with Crippen molar-refractivity contribution in [3.8, 4) is 5.88 Å². The van der Waals surface area contributed by atoms with Gasteiger partial charge in [-0.2, -0.15) is 13.2 Å². The first-order valence-corrected chi connectivity index (χ1v) is 5.41. The highest BCUT2D eigenvalue weighted by atomic mass is 19.4. The van der Waals surface area contributed by atoms with E-state index in [2.05, 4.69) is 11.6 Å². The molecule has 0 unspecified atom stereocenters. The number of aromatic nitrogens is 1. The van der Waals surface area contributed by atoms with Crippen LogP contribution in [0.25, 0.3) is 0 Å². The lowest BCUT2D eigenvalue weighted by Gasteiger charge is -2.13. The third-order valence-electron chi connectivity index (χ3n) is 2.18. The van der Waals surface area contributed by atoms with E-state index in [-0.39, 0.29) is 6.61 Å². The Morgan fingerprint density at radius 2 is 2.16 bits per heavy atom. The summed E-state index contributed by atoms with van der Waals surface area (Å²) in [6.45, 7) is 3.48. The summed E-state index contributed by atoms with van der Waals surface area (Å²) in [6.07, 6.45) is -1.98. The third kappa shape index (κ3) is 4.27. The van der Waals surface area contributed by atoms with Crippen LogP contribution in [0.5, 0.6) is 5.88 Å². The van der Waals surface area contributed by atoms with Gasteiger partial charge in [-0.3, -0.25) is 0 Å². The van der Waals surface area contributed by atoms with E-state index in [0.717, 1.165) is 6.07 Å². The van der Waals surface area contributed by atoms with E-state index in [1.54, 1.807) is 6.08 Å². The second kappa shape index (κ2) is 6.21. The molecule has 0 saturated heterocycles. The van der Waals surface area contributed by atoms with E-state index >= 15 is 0 Å². The van der Waals surface area contributed by atoms with Crippen LogP contribution in [0.1, 0.15) is 28.9 Å². The third-order valence-corrected chi connectivity index (χ3v) is 2.18. The molecule has 1 aromatic heterocycles. The molecule has 0 fully saturated rings. The minimum atomic E-state index is -4.64. The Morgan fingerprint density at radius 1 is 1.47 bits per heavy atom. The van der Waals surface area contributed by atoms with Gasteiger partial charge >= 0.3 is 12.1 Å². The number of ether oxygens (including phenoxy) is 1. The Morgan fingerprint density at radius 3 is 2.68 bits per heavy atom. The number of nitrogens with zero attached hydrogens (tertiary/aromatic N) is 1. The molecule has 0 saturated carbocycles. The molecule has 0 radical (unpaired) electrons. The van der Waals surface area contributed by atoms with Crippen LogP contribution in [-0.2, 0) is 6.18 Å². The van der Waals surface area contributed by atoms with Gasteiger partial charge in [-0.05, 0) is 25.0 Å². The number of hydrogen-bond acceptors (Lipinski definition) is 3. The van der Waals surface area contributed by atoms with Crippen molar-refractivity contribution < 1.29 is 27.8 Å². The molecule has 4 nitrogen and oxygen atoms in total. The number of rotatable bonds is 6.